The molecule has 4 heteroatoms. The Morgan fingerprint density at radius 1 is 1.75 bits per heavy atom. The number of ether oxygens (including phenoxy) is 1. The van der Waals surface area contributed by atoms with Gasteiger partial charge < -0.3 is 9.84 Å². The smallest absolute Gasteiger partial charge is 0.332 e. The summed E-state index contributed by atoms with van der Waals surface area (Å²) in [5, 5.41) is 7.97. The first-order chi connectivity index (χ1) is 3.81. The molecule has 0 aromatic rings. The molecular formula is C4H6O4. The summed E-state index contributed by atoms with van der Waals surface area (Å²) >= 11 is 0. The molecule has 0 aromatic carbocycles. The van der Waals surface area contributed by atoms with Crippen molar-refractivity contribution in [3.05, 3.63) is 0 Å². The van der Waals surface area contributed by atoms with Gasteiger partial charge >= 0.3 is 5.97 Å². The van der Waals surface area contributed by atoms with Gasteiger partial charge in [0.25, 0.3) is 0 Å². The van der Waals surface area contributed by atoms with Crippen LogP contribution in [0.1, 0.15) is 0 Å². The fourth-order valence-electron chi connectivity index (χ4n) is 0.173. The minimum absolute atomic E-state index is 0.278. The highest BCUT2D eigenvalue weighted by atomic mass is 16.5. The molecule has 1 N–H and O–H groups in total. The van der Waals surface area contributed by atoms with Crippen molar-refractivity contribution in [3.8, 4) is 0 Å². The quantitative estimate of drug-likeness (QED) is 0.370. The van der Waals surface area contributed by atoms with E-state index in [0.717, 1.165) is 0 Å². The molecule has 8 heavy (non-hydrogen) atoms. The first kappa shape index (κ1) is 7.10. The van der Waals surface area contributed by atoms with Crippen LogP contribution in [-0.2, 0) is 14.3 Å². The van der Waals surface area contributed by atoms with Crippen LogP contribution in [0.5, 0.6) is 0 Å². The van der Waals surface area contributed by atoms with Crippen molar-refractivity contribution in [1.29, 1.82) is 0 Å². The summed E-state index contributed by atoms with van der Waals surface area (Å²) in [6.07, 6.45) is 0.438. The lowest BCUT2D eigenvalue weighted by molar-refractivity contribution is -0.148. The standard InChI is InChI=1S/C4H6O4/c5-1-2-8-4(7)3-6/h1,6H,2-3H2. The first-order valence-electron chi connectivity index (χ1n) is 2.01. The SMILES string of the molecule is O=CCOC(=O)CO. The molecule has 0 saturated heterocycles. The second-order valence-electron chi connectivity index (χ2n) is 1.01. The second-order valence-corrected chi connectivity index (χ2v) is 1.01. The molecule has 0 rings (SSSR count). The van der Waals surface area contributed by atoms with Crippen LogP contribution >= 0.6 is 0 Å². The van der Waals surface area contributed by atoms with Crippen molar-refractivity contribution in [3.63, 3.8) is 0 Å². The van der Waals surface area contributed by atoms with Gasteiger partial charge in [-0.2, -0.15) is 0 Å². The maximum atomic E-state index is 9.94. The molecule has 0 aliphatic carbocycles. The van der Waals surface area contributed by atoms with Gasteiger partial charge in [0.1, 0.15) is 13.2 Å². The van der Waals surface area contributed by atoms with Gasteiger partial charge in [-0.25, -0.2) is 4.79 Å². The number of hydrogen-bond donors (Lipinski definition) is 1. The van der Waals surface area contributed by atoms with E-state index >= 15 is 0 Å². The highest BCUT2D eigenvalue weighted by Crippen LogP contribution is 1.70. The second kappa shape index (κ2) is 4.26. The number of carbonyl (C=O) groups excluding carboxylic acids is 2. The third kappa shape index (κ3) is 3.30. The molecule has 0 radical (unpaired) electrons. The molecule has 0 amide bonds. The highest BCUT2D eigenvalue weighted by molar-refractivity contribution is 5.72. The number of rotatable bonds is 3. The molecule has 0 bridgehead atoms. The summed E-state index contributed by atoms with van der Waals surface area (Å²) < 4.78 is 4.08. The predicted molar refractivity (Wildman–Crippen MR) is 24.1 cm³/mol. The zero-order valence-corrected chi connectivity index (χ0v) is 4.16. The maximum absolute atomic E-state index is 9.94. The van der Waals surface area contributed by atoms with Gasteiger partial charge in [-0.3, -0.25) is 4.79 Å². The minimum atomic E-state index is -0.780. The molecule has 0 aromatic heterocycles. The average molecular weight is 118 g/mol. The Balaban J connectivity index is 3.11. The topological polar surface area (TPSA) is 63.6 Å². The lowest BCUT2D eigenvalue weighted by Crippen LogP contribution is -2.10. The van der Waals surface area contributed by atoms with E-state index in [2.05, 4.69) is 4.74 Å². The van der Waals surface area contributed by atoms with E-state index in [0.29, 0.717) is 6.29 Å². The Kier molecular flexibility index (Phi) is 3.78. The third-order valence-corrected chi connectivity index (χ3v) is 0.441. The first-order valence-corrected chi connectivity index (χ1v) is 2.01. The zero-order valence-electron chi connectivity index (χ0n) is 4.16. The van der Waals surface area contributed by atoms with Gasteiger partial charge in [-0.15, -0.1) is 0 Å². The van der Waals surface area contributed by atoms with Crippen LogP contribution in [0.4, 0.5) is 0 Å². The molecule has 0 heterocycles. The summed E-state index contributed by atoms with van der Waals surface area (Å²) in [6, 6.07) is 0. The predicted octanol–water partition coefficient (Wildman–Crippen LogP) is -1.28. The Bertz CT molecular complexity index is 88.0. The molecule has 0 fully saturated rings. The molecular weight excluding hydrogens is 112 g/mol. The molecule has 46 valence electrons. The van der Waals surface area contributed by atoms with Gasteiger partial charge in [0.2, 0.25) is 0 Å². The van der Waals surface area contributed by atoms with E-state index in [1.54, 1.807) is 0 Å². The lowest BCUT2D eigenvalue weighted by atomic mass is 10.7. The molecule has 0 unspecified atom stereocenters. The van der Waals surface area contributed by atoms with Crippen LogP contribution in [0.25, 0.3) is 0 Å². The summed E-state index contributed by atoms with van der Waals surface area (Å²) in [5.41, 5.74) is 0. The molecule has 4 nitrogen and oxygen atoms in total. The lowest BCUT2D eigenvalue weighted by Gasteiger charge is -1.92. The van der Waals surface area contributed by atoms with E-state index in [1.807, 2.05) is 0 Å². The van der Waals surface area contributed by atoms with Crippen molar-refractivity contribution >= 4 is 12.3 Å². The fraction of sp³-hybridized carbons (Fsp3) is 0.500. The number of aliphatic hydroxyl groups excluding tert-OH is 1. The average Bonchev–Trinajstić information content (AvgIpc) is 1.83. The number of carbonyl (C=O) groups is 2. The van der Waals surface area contributed by atoms with Gasteiger partial charge in [0.15, 0.2) is 6.29 Å². The van der Waals surface area contributed by atoms with Crippen molar-refractivity contribution in [2.24, 2.45) is 0 Å². The number of aliphatic hydroxyl groups is 1. The van der Waals surface area contributed by atoms with E-state index in [1.165, 1.54) is 0 Å². The maximum Gasteiger partial charge on any atom is 0.332 e. The molecule has 0 atom stereocenters. The van der Waals surface area contributed by atoms with Gasteiger partial charge in [-0.05, 0) is 0 Å². The number of esters is 1. The van der Waals surface area contributed by atoms with E-state index in [9.17, 15) is 9.59 Å². The van der Waals surface area contributed by atoms with E-state index in [-0.39, 0.29) is 6.61 Å². The normalized spacial score (nSPS) is 8.12. The number of aldehydes is 1. The molecule has 0 saturated carbocycles. The van der Waals surface area contributed by atoms with Crippen LogP contribution in [0, 0.1) is 0 Å². The molecule has 0 aliphatic rings. The Hall–Kier alpha value is -0.900. The van der Waals surface area contributed by atoms with Gasteiger partial charge in [0.05, 0.1) is 0 Å². The summed E-state index contributed by atoms with van der Waals surface area (Å²) in [7, 11) is 0. The van der Waals surface area contributed by atoms with Gasteiger partial charge in [0, 0.05) is 0 Å². The van der Waals surface area contributed by atoms with Crippen LogP contribution in [0.3, 0.4) is 0 Å². The van der Waals surface area contributed by atoms with Crippen LogP contribution in [0.15, 0.2) is 0 Å². The minimum Gasteiger partial charge on any atom is -0.456 e. The monoisotopic (exact) mass is 118 g/mol. The van der Waals surface area contributed by atoms with Crippen LogP contribution in [0.2, 0.25) is 0 Å². The van der Waals surface area contributed by atoms with Crippen molar-refractivity contribution in [2.75, 3.05) is 13.2 Å². The van der Waals surface area contributed by atoms with Crippen molar-refractivity contribution < 1.29 is 19.4 Å². The molecule has 0 aliphatic heterocycles. The van der Waals surface area contributed by atoms with Crippen LogP contribution < -0.4 is 0 Å². The van der Waals surface area contributed by atoms with Crippen molar-refractivity contribution in [1.82, 2.24) is 0 Å². The van der Waals surface area contributed by atoms with Crippen molar-refractivity contribution in [2.45, 2.75) is 0 Å². The Morgan fingerprint density at radius 3 is 2.75 bits per heavy atom. The summed E-state index contributed by atoms with van der Waals surface area (Å²) in [4.78, 5) is 19.4. The Morgan fingerprint density at radius 2 is 2.38 bits per heavy atom. The summed E-state index contributed by atoms with van der Waals surface area (Å²) in [5.74, 6) is -0.780. The van der Waals surface area contributed by atoms with Gasteiger partial charge in [-0.1, -0.05) is 0 Å². The highest BCUT2D eigenvalue weighted by Gasteiger charge is 1.95. The van der Waals surface area contributed by atoms with E-state index in [4.69, 9.17) is 5.11 Å². The third-order valence-electron chi connectivity index (χ3n) is 0.441. The zero-order chi connectivity index (χ0) is 6.41. The fourth-order valence-corrected chi connectivity index (χ4v) is 0.173. The molecule has 0 spiro atoms. The largest absolute Gasteiger partial charge is 0.456 e. The summed E-state index contributed by atoms with van der Waals surface area (Å²) in [6.45, 7) is -0.951. The van der Waals surface area contributed by atoms with E-state index < -0.39 is 12.6 Å². The van der Waals surface area contributed by atoms with Crippen LogP contribution in [-0.4, -0.2) is 30.6 Å². The number of hydrogen-bond acceptors (Lipinski definition) is 4. The Labute approximate surface area is 46.1 Å².